The molecular weight excluding hydrogens is 402 g/mol. The number of piperidine rings is 1. The summed E-state index contributed by atoms with van der Waals surface area (Å²) in [5.41, 5.74) is 1.01. The molecule has 2 atom stereocenters. The minimum absolute atomic E-state index is 0.0886. The minimum Gasteiger partial charge on any atom is -0.497 e. The van der Waals surface area contributed by atoms with Crippen LogP contribution in [0, 0.1) is 0 Å². The number of carbonyl (C=O) groups is 1. The van der Waals surface area contributed by atoms with Gasteiger partial charge in [-0.2, -0.15) is 0 Å². The molecule has 168 valence electrons. The Morgan fingerprint density at radius 3 is 2.47 bits per heavy atom. The summed E-state index contributed by atoms with van der Waals surface area (Å²) >= 11 is 0. The first kappa shape index (κ1) is 22.1. The Morgan fingerprint density at radius 1 is 1.03 bits per heavy atom. The van der Waals surface area contributed by atoms with Gasteiger partial charge in [0.15, 0.2) is 0 Å². The number of amides is 1. The first-order valence-corrected chi connectivity index (χ1v) is 11.3. The van der Waals surface area contributed by atoms with Gasteiger partial charge in [0.2, 0.25) is 5.91 Å². The lowest BCUT2D eigenvalue weighted by Gasteiger charge is -2.35. The largest absolute Gasteiger partial charge is 0.497 e. The summed E-state index contributed by atoms with van der Waals surface area (Å²) in [6.45, 7) is 4.31. The number of rotatable bonds is 7. The van der Waals surface area contributed by atoms with Crippen LogP contribution in [0.15, 0.2) is 65.6 Å². The maximum absolute atomic E-state index is 13.0. The summed E-state index contributed by atoms with van der Waals surface area (Å²) in [7, 11) is 1.66. The van der Waals surface area contributed by atoms with E-state index in [1.807, 2.05) is 36.4 Å². The Bertz CT molecular complexity index is 1120. The van der Waals surface area contributed by atoms with Crippen molar-refractivity contribution in [3.8, 4) is 5.75 Å². The molecule has 2 heterocycles. The summed E-state index contributed by atoms with van der Waals surface area (Å²) in [5.74, 6) is 0.664. The number of benzene rings is 2. The Labute approximate surface area is 188 Å². The van der Waals surface area contributed by atoms with E-state index in [-0.39, 0.29) is 17.5 Å². The molecule has 1 fully saturated rings. The highest BCUT2D eigenvalue weighted by Crippen LogP contribution is 2.26. The average Bonchev–Trinajstić information content (AvgIpc) is 2.85. The van der Waals surface area contributed by atoms with Gasteiger partial charge in [0, 0.05) is 18.1 Å². The number of hydrogen-bond donors (Lipinski definition) is 1. The van der Waals surface area contributed by atoms with Gasteiger partial charge in [-0.15, -0.1) is 0 Å². The Balaban J connectivity index is 1.51. The fraction of sp³-hybridized carbons (Fsp3) is 0.385. The zero-order valence-electron chi connectivity index (χ0n) is 18.8. The third kappa shape index (κ3) is 4.70. The van der Waals surface area contributed by atoms with E-state index in [0.717, 1.165) is 29.8 Å². The SMILES string of the molecule is COc1ccc([C@H](CNC(=O)[C@@H](C)n2ccc3ccccc3c2=O)N2CCCCC2)cc1. The van der Waals surface area contributed by atoms with Crippen molar-refractivity contribution >= 4 is 16.7 Å². The number of ether oxygens (including phenoxy) is 1. The van der Waals surface area contributed by atoms with Crippen LogP contribution in [-0.2, 0) is 4.79 Å². The molecule has 1 aliphatic rings. The summed E-state index contributed by atoms with van der Waals surface area (Å²) in [6, 6.07) is 16.9. The maximum atomic E-state index is 13.0. The van der Waals surface area contributed by atoms with Crippen molar-refractivity contribution in [1.82, 2.24) is 14.8 Å². The fourth-order valence-electron chi connectivity index (χ4n) is 4.49. The lowest BCUT2D eigenvalue weighted by molar-refractivity contribution is -0.124. The van der Waals surface area contributed by atoms with Gasteiger partial charge in [0.1, 0.15) is 11.8 Å². The topological polar surface area (TPSA) is 63.6 Å². The van der Waals surface area contributed by atoms with Gasteiger partial charge in [0.05, 0.1) is 13.2 Å². The van der Waals surface area contributed by atoms with Crippen molar-refractivity contribution < 1.29 is 9.53 Å². The van der Waals surface area contributed by atoms with E-state index in [2.05, 4.69) is 22.3 Å². The van der Waals surface area contributed by atoms with Crippen LogP contribution in [0.25, 0.3) is 10.8 Å². The molecular formula is C26H31N3O3. The number of pyridine rings is 1. The fourth-order valence-corrected chi connectivity index (χ4v) is 4.49. The predicted molar refractivity (Wildman–Crippen MR) is 127 cm³/mol. The van der Waals surface area contributed by atoms with Crippen LogP contribution in [0.2, 0.25) is 0 Å². The molecule has 0 radical (unpaired) electrons. The van der Waals surface area contributed by atoms with Gasteiger partial charge in [-0.3, -0.25) is 14.5 Å². The second-order valence-corrected chi connectivity index (χ2v) is 8.42. The zero-order chi connectivity index (χ0) is 22.5. The van der Waals surface area contributed by atoms with Crippen molar-refractivity contribution in [2.24, 2.45) is 0 Å². The van der Waals surface area contributed by atoms with Gasteiger partial charge in [-0.05, 0) is 68.1 Å². The second-order valence-electron chi connectivity index (χ2n) is 8.42. The zero-order valence-corrected chi connectivity index (χ0v) is 18.8. The van der Waals surface area contributed by atoms with Crippen molar-refractivity contribution in [3.05, 3.63) is 76.7 Å². The first-order valence-electron chi connectivity index (χ1n) is 11.3. The van der Waals surface area contributed by atoms with Crippen LogP contribution < -0.4 is 15.6 Å². The van der Waals surface area contributed by atoms with E-state index < -0.39 is 6.04 Å². The third-order valence-electron chi connectivity index (χ3n) is 6.44. The standard InChI is InChI=1S/C26H31N3O3/c1-19(29-17-14-20-8-4-5-9-23(20)26(29)31)25(30)27-18-24(28-15-6-3-7-16-28)21-10-12-22(32-2)13-11-21/h4-5,8-14,17,19,24H,3,6-7,15-16,18H2,1-2H3,(H,27,30)/t19-,24+/m1/s1. The lowest BCUT2D eigenvalue weighted by atomic mass is 10.0. The molecule has 1 aromatic heterocycles. The molecule has 0 spiro atoms. The predicted octanol–water partition coefficient (Wildman–Crippen LogP) is 3.91. The summed E-state index contributed by atoms with van der Waals surface area (Å²) in [4.78, 5) is 28.4. The van der Waals surface area contributed by atoms with Crippen LogP contribution in [0.1, 0.15) is 43.8 Å². The van der Waals surface area contributed by atoms with Crippen LogP contribution in [0.4, 0.5) is 0 Å². The summed E-state index contributed by atoms with van der Waals surface area (Å²) in [5, 5.41) is 4.61. The molecule has 0 bridgehead atoms. The molecule has 1 saturated heterocycles. The molecule has 1 amide bonds. The molecule has 6 heteroatoms. The molecule has 0 aliphatic carbocycles. The number of fused-ring (bicyclic) bond motifs is 1. The van der Waals surface area contributed by atoms with Crippen molar-refractivity contribution in [1.29, 1.82) is 0 Å². The van der Waals surface area contributed by atoms with Crippen molar-refractivity contribution in [2.75, 3.05) is 26.7 Å². The molecule has 0 unspecified atom stereocenters. The lowest BCUT2D eigenvalue weighted by Crippen LogP contribution is -2.43. The highest BCUT2D eigenvalue weighted by Gasteiger charge is 2.24. The monoisotopic (exact) mass is 433 g/mol. The second kappa shape index (κ2) is 10.0. The molecule has 1 aliphatic heterocycles. The molecule has 3 aromatic rings. The normalized spacial score (nSPS) is 16.4. The molecule has 0 saturated carbocycles. The van der Waals surface area contributed by atoms with E-state index in [1.54, 1.807) is 26.3 Å². The smallest absolute Gasteiger partial charge is 0.259 e. The van der Waals surface area contributed by atoms with Crippen LogP contribution >= 0.6 is 0 Å². The maximum Gasteiger partial charge on any atom is 0.259 e. The van der Waals surface area contributed by atoms with E-state index in [4.69, 9.17) is 4.74 Å². The first-order chi connectivity index (χ1) is 15.6. The highest BCUT2D eigenvalue weighted by molar-refractivity contribution is 5.83. The van der Waals surface area contributed by atoms with Crippen molar-refractivity contribution in [2.45, 2.75) is 38.3 Å². The van der Waals surface area contributed by atoms with Gasteiger partial charge in [-0.25, -0.2) is 0 Å². The number of aromatic nitrogens is 1. The number of nitrogens with one attached hydrogen (secondary N) is 1. The number of likely N-dealkylation sites (tertiary alicyclic amines) is 1. The van der Waals surface area contributed by atoms with E-state index >= 15 is 0 Å². The summed E-state index contributed by atoms with van der Waals surface area (Å²) in [6.07, 6.45) is 5.30. The van der Waals surface area contributed by atoms with E-state index in [1.165, 1.54) is 23.8 Å². The van der Waals surface area contributed by atoms with Gasteiger partial charge in [-0.1, -0.05) is 36.8 Å². The molecule has 1 N–H and O–H groups in total. The molecule has 4 rings (SSSR count). The Hall–Kier alpha value is -3.12. The number of methoxy groups -OCH3 is 1. The number of carbonyl (C=O) groups excluding carboxylic acids is 1. The average molecular weight is 434 g/mol. The van der Waals surface area contributed by atoms with Crippen molar-refractivity contribution in [3.63, 3.8) is 0 Å². The summed E-state index contributed by atoms with van der Waals surface area (Å²) < 4.78 is 6.81. The van der Waals surface area contributed by atoms with Gasteiger partial charge < -0.3 is 14.6 Å². The number of nitrogens with zero attached hydrogens (tertiary/aromatic N) is 2. The quantitative estimate of drug-likeness (QED) is 0.614. The Morgan fingerprint density at radius 2 is 1.75 bits per heavy atom. The van der Waals surface area contributed by atoms with E-state index in [0.29, 0.717) is 11.9 Å². The van der Waals surface area contributed by atoms with E-state index in [9.17, 15) is 9.59 Å². The molecule has 6 nitrogen and oxygen atoms in total. The minimum atomic E-state index is -0.593. The van der Waals surface area contributed by atoms with Gasteiger partial charge in [0.25, 0.3) is 5.56 Å². The van der Waals surface area contributed by atoms with Crippen LogP contribution in [-0.4, -0.2) is 42.1 Å². The van der Waals surface area contributed by atoms with Gasteiger partial charge >= 0.3 is 0 Å². The molecule has 32 heavy (non-hydrogen) atoms. The molecule has 2 aromatic carbocycles. The number of hydrogen-bond acceptors (Lipinski definition) is 4. The van der Waals surface area contributed by atoms with Crippen LogP contribution in [0.5, 0.6) is 5.75 Å². The Kier molecular flexibility index (Phi) is 6.90. The highest BCUT2D eigenvalue weighted by atomic mass is 16.5. The third-order valence-corrected chi connectivity index (χ3v) is 6.44. The van der Waals surface area contributed by atoms with Crippen LogP contribution in [0.3, 0.4) is 0 Å².